The van der Waals surface area contributed by atoms with Crippen LogP contribution in [-0.4, -0.2) is 58.0 Å². The van der Waals surface area contributed by atoms with Crippen molar-refractivity contribution in [2.75, 3.05) is 31.6 Å². The van der Waals surface area contributed by atoms with Crippen LogP contribution in [0, 0.1) is 6.92 Å². The maximum Gasteiger partial charge on any atom is 0.416 e. The second-order valence-electron chi connectivity index (χ2n) is 8.25. The molecule has 3 heterocycles. The van der Waals surface area contributed by atoms with E-state index in [1.54, 1.807) is 6.07 Å². The monoisotopic (exact) mass is 422 g/mol. The topological polar surface area (TPSA) is 72.7 Å². The number of aromatic hydroxyl groups is 1. The molecule has 30 heavy (non-hydrogen) atoms. The molecule has 1 saturated heterocycles. The average molecular weight is 422 g/mol. The summed E-state index contributed by atoms with van der Waals surface area (Å²) in [7, 11) is 2.08. The standard InChI is InChI=1S/C21H25F3N4O2/c1-12-8-13(21(22,23)24)9-18(30)19(12)16-10-15-17(29)5-7-28(20(15)26-25-16)14-4-3-6-27(2)11-14/h8-10,14,17,29-30H,3-7,11H2,1-2H3/t14?,17-/m1/s1. The van der Waals surface area contributed by atoms with E-state index in [1.807, 2.05) is 0 Å². The van der Waals surface area contributed by atoms with Crippen LogP contribution in [0.2, 0.25) is 0 Å². The van der Waals surface area contributed by atoms with E-state index in [1.165, 1.54) is 6.92 Å². The molecule has 0 bridgehead atoms. The molecule has 1 fully saturated rings. The van der Waals surface area contributed by atoms with Crippen LogP contribution in [0.25, 0.3) is 11.3 Å². The van der Waals surface area contributed by atoms with Crippen LogP contribution in [0.1, 0.15) is 42.1 Å². The molecule has 0 amide bonds. The number of likely N-dealkylation sites (tertiary alicyclic amines) is 1. The van der Waals surface area contributed by atoms with E-state index >= 15 is 0 Å². The number of halogens is 3. The van der Waals surface area contributed by atoms with E-state index in [0.717, 1.165) is 32.0 Å². The zero-order chi connectivity index (χ0) is 21.6. The van der Waals surface area contributed by atoms with Crippen LogP contribution in [0.15, 0.2) is 18.2 Å². The normalized spacial score (nSPS) is 22.8. The van der Waals surface area contributed by atoms with Gasteiger partial charge in [0.15, 0.2) is 5.82 Å². The number of nitrogens with zero attached hydrogens (tertiary/aromatic N) is 4. The fourth-order valence-electron chi connectivity index (χ4n) is 4.53. The van der Waals surface area contributed by atoms with Crippen molar-refractivity contribution in [2.45, 2.75) is 44.5 Å². The van der Waals surface area contributed by atoms with Gasteiger partial charge in [0.1, 0.15) is 5.75 Å². The van der Waals surface area contributed by atoms with Gasteiger partial charge in [0.05, 0.1) is 17.4 Å². The van der Waals surface area contributed by atoms with Crippen molar-refractivity contribution in [1.82, 2.24) is 15.1 Å². The first kappa shape index (κ1) is 20.9. The molecular formula is C21H25F3N4O2. The number of likely N-dealkylation sites (N-methyl/N-ethyl adjacent to an activating group) is 1. The number of hydrogen-bond acceptors (Lipinski definition) is 6. The third kappa shape index (κ3) is 3.83. The summed E-state index contributed by atoms with van der Waals surface area (Å²) < 4.78 is 39.1. The Balaban J connectivity index is 1.72. The maximum atomic E-state index is 13.0. The first-order chi connectivity index (χ1) is 14.1. The number of aryl methyl sites for hydroxylation is 1. The van der Waals surface area contributed by atoms with Gasteiger partial charge in [-0.05, 0) is 63.5 Å². The van der Waals surface area contributed by atoms with Gasteiger partial charge in [0.2, 0.25) is 0 Å². The Morgan fingerprint density at radius 3 is 2.53 bits per heavy atom. The van der Waals surface area contributed by atoms with Gasteiger partial charge in [-0.3, -0.25) is 0 Å². The zero-order valence-corrected chi connectivity index (χ0v) is 16.9. The minimum Gasteiger partial charge on any atom is -0.507 e. The van der Waals surface area contributed by atoms with E-state index in [0.29, 0.717) is 30.4 Å². The minimum atomic E-state index is -4.55. The van der Waals surface area contributed by atoms with Crippen molar-refractivity contribution in [1.29, 1.82) is 0 Å². The van der Waals surface area contributed by atoms with E-state index in [4.69, 9.17) is 0 Å². The Bertz CT molecular complexity index is 927. The van der Waals surface area contributed by atoms with Gasteiger partial charge in [-0.25, -0.2) is 0 Å². The van der Waals surface area contributed by atoms with E-state index in [9.17, 15) is 23.4 Å². The fraction of sp³-hybridized carbons (Fsp3) is 0.524. The lowest BCUT2D eigenvalue weighted by Gasteiger charge is -2.42. The van der Waals surface area contributed by atoms with Gasteiger partial charge in [-0.1, -0.05) is 0 Å². The number of anilines is 1. The van der Waals surface area contributed by atoms with Crippen molar-refractivity contribution in [3.05, 3.63) is 34.9 Å². The predicted molar refractivity (Wildman–Crippen MR) is 106 cm³/mol. The van der Waals surface area contributed by atoms with Gasteiger partial charge in [-0.2, -0.15) is 13.2 Å². The number of phenols is 1. The summed E-state index contributed by atoms with van der Waals surface area (Å²) in [5.41, 5.74) is 0.366. The average Bonchev–Trinajstić information content (AvgIpc) is 2.67. The first-order valence-electron chi connectivity index (χ1n) is 10.1. The molecule has 2 atom stereocenters. The summed E-state index contributed by atoms with van der Waals surface area (Å²) >= 11 is 0. The van der Waals surface area contributed by atoms with Crippen LogP contribution in [-0.2, 0) is 6.18 Å². The fourth-order valence-corrected chi connectivity index (χ4v) is 4.53. The molecule has 1 aromatic heterocycles. The Kier molecular flexibility index (Phi) is 5.36. The molecule has 2 aromatic rings. The number of hydrogen-bond donors (Lipinski definition) is 2. The van der Waals surface area contributed by atoms with Crippen molar-refractivity contribution >= 4 is 5.82 Å². The second kappa shape index (κ2) is 7.70. The molecule has 4 rings (SSSR count). The highest BCUT2D eigenvalue weighted by atomic mass is 19.4. The minimum absolute atomic E-state index is 0.194. The smallest absolute Gasteiger partial charge is 0.416 e. The van der Waals surface area contributed by atoms with Crippen LogP contribution in [0.5, 0.6) is 5.75 Å². The van der Waals surface area contributed by atoms with Crippen LogP contribution in [0.4, 0.5) is 19.0 Å². The van der Waals surface area contributed by atoms with Crippen molar-refractivity contribution in [3.63, 3.8) is 0 Å². The summed E-state index contributed by atoms with van der Waals surface area (Å²) in [5.74, 6) is 0.106. The van der Waals surface area contributed by atoms with Crippen molar-refractivity contribution in [2.24, 2.45) is 0 Å². The summed E-state index contributed by atoms with van der Waals surface area (Å²) in [5, 5.41) is 29.4. The molecule has 0 saturated carbocycles. The maximum absolute atomic E-state index is 13.0. The van der Waals surface area contributed by atoms with Gasteiger partial charge >= 0.3 is 6.18 Å². The number of fused-ring (bicyclic) bond motifs is 1. The van der Waals surface area contributed by atoms with E-state index in [-0.39, 0.29) is 22.9 Å². The van der Waals surface area contributed by atoms with Gasteiger partial charge in [0.25, 0.3) is 0 Å². The third-order valence-electron chi connectivity index (χ3n) is 6.02. The number of alkyl halides is 3. The molecule has 0 radical (unpaired) electrons. The number of piperidine rings is 1. The van der Waals surface area contributed by atoms with Gasteiger partial charge in [-0.15, -0.1) is 10.2 Å². The van der Waals surface area contributed by atoms with Crippen molar-refractivity contribution < 1.29 is 23.4 Å². The SMILES string of the molecule is Cc1cc(C(F)(F)F)cc(O)c1-c1cc2c(nn1)N(C1CCCN(C)C1)CC[C@H]2O. The molecule has 0 aliphatic carbocycles. The largest absolute Gasteiger partial charge is 0.507 e. The predicted octanol–water partition coefficient (Wildman–Crippen LogP) is 3.51. The molecule has 162 valence electrons. The lowest BCUT2D eigenvalue weighted by molar-refractivity contribution is -0.137. The van der Waals surface area contributed by atoms with E-state index in [2.05, 4.69) is 27.0 Å². The Morgan fingerprint density at radius 2 is 1.87 bits per heavy atom. The molecule has 1 aromatic carbocycles. The molecule has 2 N–H and O–H groups in total. The molecule has 1 unspecified atom stereocenters. The number of rotatable bonds is 2. The summed E-state index contributed by atoms with van der Waals surface area (Å²) in [6.07, 6.45) is -2.63. The van der Waals surface area contributed by atoms with E-state index < -0.39 is 23.6 Å². The lowest BCUT2D eigenvalue weighted by Crippen LogP contribution is -2.49. The second-order valence-corrected chi connectivity index (χ2v) is 8.25. The number of aromatic nitrogens is 2. The molecule has 9 heteroatoms. The van der Waals surface area contributed by atoms with Crippen LogP contribution >= 0.6 is 0 Å². The number of phenolic OH excluding ortho intramolecular Hbond substituents is 1. The van der Waals surface area contributed by atoms with Gasteiger partial charge in [0, 0.05) is 30.3 Å². The number of aliphatic hydroxyl groups excluding tert-OH is 1. The summed E-state index contributed by atoms with van der Waals surface area (Å²) in [6.45, 7) is 4.12. The molecule has 2 aliphatic heterocycles. The number of aliphatic hydroxyl groups is 1. The summed E-state index contributed by atoms with van der Waals surface area (Å²) in [6, 6.07) is 3.60. The summed E-state index contributed by atoms with van der Waals surface area (Å²) in [4.78, 5) is 4.44. The lowest BCUT2D eigenvalue weighted by atomic mass is 9.95. The van der Waals surface area contributed by atoms with Crippen molar-refractivity contribution in [3.8, 4) is 17.0 Å². The Labute approximate surface area is 173 Å². The number of benzene rings is 1. The molecule has 6 nitrogen and oxygen atoms in total. The molecule has 2 aliphatic rings. The quantitative estimate of drug-likeness (QED) is 0.772. The molecule has 0 spiro atoms. The Morgan fingerprint density at radius 1 is 1.10 bits per heavy atom. The highest BCUT2D eigenvalue weighted by Gasteiger charge is 2.34. The highest BCUT2D eigenvalue weighted by Crippen LogP contribution is 2.41. The molecular weight excluding hydrogens is 397 g/mol. The first-order valence-corrected chi connectivity index (χ1v) is 10.1. The van der Waals surface area contributed by atoms with Gasteiger partial charge < -0.3 is 20.0 Å². The van der Waals surface area contributed by atoms with Crippen LogP contribution in [0.3, 0.4) is 0 Å². The Hall–Kier alpha value is -2.39. The zero-order valence-electron chi connectivity index (χ0n) is 16.9. The third-order valence-corrected chi connectivity index (χ3v) is 6.02. The highest BCUT2D eigenvalue weighted by molar-refractivity contribution is 5.73. The van der Waals surface area contributed by atoms with Crippen LogP contribution < -0.4 is 4.90 Å².